The summed E-state index contributed by atoms with van der Waals surface area (Å²) in [5.74, 6) is 0.152. The lowest BCUT2D eigenvalue weighted by Crippen LogP contribution is -2.12. The average molecular weight is 246 g/mol. The number of ketones is 1. The lowest BCUT2D eigenvalue weighted by atomic mass is 10.1. The van der Waals surface area contributed by atoms with Gasteiger partial charge < -0.3 is 0 Å². The third-order valence-electron chi connectivity index (χ3n) is 2.42. The summed E-state index contributed by atoms with van der Waals surface area (Å²) in [6.07, 6.45) is 3.69. The molecule has 4 heteroatoms. The van der Waals surface area contributed by atoms with E-state index >= 15 is 0 Å². The number of Topliss-reactive ketones (excluding diaryl/α,β-unsaturated/α-hetero) is 1. The maximum absolute atomic E-state index is 12.1. The summed E-state index contributed by atoms with van der Waals surface area (Å²) in [6.45, 7) is 1.92. The van der Waals surface area contributed by atoms with Crippen molar-refractivity contribution in [3.63, 3.8) is 0 Å². The zero-order chi connectivity index (χ0) is 12.3. The van der Waals surface area contributed by atoms with E-state index in [1.165, 1.54) is 11.8 Å². The number of aryl methyl sites for hydroxylation is 1. The Morgan fingerprint density at radius 2 is 2.06 bits per heavy atom. The molecule has 1 unspecified atom stereocenters. The topological polar surface area (TPSA) is 34.9 Å². The maximum atomic E-state index is 12.1. The number of hydrogen-bond acceptors (Lipinski definition) is 3. The predicted molar refractivity (Wildman–Crippen MR) is 69.3 cm³/mol. The monoisotopic (exact) mass is 246 g/mol. The molecular weight excluding hydrogens is 232 g/mol. The Morgan fingerprint density at radius 3 is 2.65 bits per heavy atom. The first-order chi connectivity index (χ1) is 8.16. The second kappa shape index (κ2) is 5.19. The van der Waals surface area contributed by atoms with E-state index in [9.17, 15) is 4.79 Å². The molecule has 0 fully saturated rings. The molecule has 1 heterocycles. The van der Waals surface area contributed by atoms with E-state index in [4.69, 9.17) is 0 Å². The molecule has 1 aromatic carbocycles. The number of aromatic nitrogens is 2. The van der Waals surface area contributed by atoms with E-state index in [1.807, 2.05) is 50.5 Å². The average Bonchev–Trinajstić information content (AvgIpc) is 2.75. The van der Waals surface area contributed by atoms with Gasteiger partial charge in [-0.1, -0.05) is 30.3 Å². The number of thioether (sulfide) groups is 1. The molecule has 3 nitrogen and oxygen atoms in total. The van der Waals surface area contributed by atoms with E-state index in [2.05, 4.69) is 5.10 Å². The second-order valence-electron chi connectivity index (χ2n) is 3.84. The molecule has 0 aliphatic rings. The van der Waals surface area contributed by atoms with Gasteiger partial charge in [-0.2, -0.15) is 5.10 Å². The van der Waals surface area contributed by atoms with Crippen LogP contribution in [0.3, 0.4) is 0 Å². The van der Waals surface area contributed by atoms with Crippen LogP contribution >= 0.6 is 11.8 Å². The van der Waals surface area contributed by atoms with Crippen LogP contribution in [0.25, 0.3) is 0 Å². The zero-order valence-corrected chi connectivity index (χ0v) is 10.6. The fraction of sp³-hybridized carbons (Fsp3) is 0.231. The third-order valence-corrected chi connectivity index (χ3v) is 3.47. The molecule has 0 amide bonds. The number of nitrogens with zero attached hydrogens (tertiary/aromatic N) is 2. The van der Waals surface area contributed by atoms with E-state index in [0.717, 1.165) is 10.5 Å². The molecule has 0 bridgehead atoms. The maximum Gasteiger partial charge on any atom is 0.175 e. The van der Waals surface area contributed by atoms with Crippen LogP contribution in [0.1, 0.15) is 17.3 Å². The van der Waals surface area contributed by atoms with Crippen molar-refractivity contribution in [1.82, 2.24) is 9.78 Å². The highest BCUT2D eigenvalue weighted by atomic mass is 32.2. The molecule has 0 aliphatic carbocycles. The normalized spacial score (nSPS) is 12.4. The number of carbonyl (C=O) groups excluding carboxylic acids is 1. The van der Waals surface area contributed by atoms with Crippen LogP contribution in [-0.2, 0) is 7.05 Å². The highest BCUT2D eigenvalue weighted by Gasteiger charge is 2.16. The van der Waals surface area contributed by atoms with Gasteiger partial charge >= 0.3 is 0 Å². The van der Waals surface area contributed by atoms with E-state index in [-0.39, 0.29) is 11.0 Å². The highest BCUT2D eigenvalue weighted by molar-refractivity contribution is 8.00. The molecule has 0 saturated heterocycles. The molecule has 0 N–H and O–H groups in total. The predicted octanol–water partition coefficient (Wildman–Crippen LogP) is 2.78. The van der Waals surface area contributed by atoms with Crippen LogP contribution in [0.5, 0.6) is 0 Å². The van der Waals surface area contributed by atoms with Gasteiger partial charge in [0.2, 0.25) is 0 Å². The number of benzene rings is 1. The quantitative estimate of drug-likeness (QED) is 0.614. The van der Waals surface area contributed by atoms with Crippen LogP contribution in [0.15, 0.2) is 47.6 Å². The van der Waals surface area contributed by atoms with Crippen molar-refractivity contribution in [3.8, 4) is 0 Å². The number of carbonyl (C=O) groups is 1. The summed E-state index contributed by atoms with van der Waals surface area (Å²) >= 11 is 1.53. The van der Waals surface area contributed by atoms with Crippen LogP contribution in [0.4, 0.5) is 0 Å². The summed E-state index contributed by atoms with van der Waals surface area (Å²) in [5, 5.41) is 3.99. The fourth-order valence-electron chi connectivity index (χ4n) is 1.55. The van der Waals surface area contributed by atoms with Crippen LogP contribution in [0, 0.1) is 0 Å². The minimum atomic E-state index is -0.0957. The number of rotatable bonds is 4. The van der Waals surface area contributed by atoms with E-state index in [1.54, 1.807) is 10.9 Å². The second-order valence-corrected chi connectivity index (χ2v) is 5.25. The summed E-state index contributed by atoms with van der Waals surface area (Å²) in [4.78, 5) is 13.1. The Labute approximate surface area is 105 Å². The summed E-state index contributed by atoms with van der Waals surface area (Å²) in [5.41, 5.74) is 0.761. The molecule has 0 aliphatic heterocycles. The van der Waals surface area contributed by atoms with Crippen molar-refractivity contribution in [2.75, 3.05) is 0 Å². The molecule has 1 aromatic heterocycles. The minimum absolute atomic E-state index is 0.0957. The molecule has 17 heavy (non-hydrogen) atoms. The molecule has 0 saturated carbocycles. The van der Waals surface area contributed by atoms with Gasteiger partial charge in [-0.3, -0.25) is 9.48 Å². The molecule has 88 valence electrons. The summed E-state index contributed by atoms with van der Waals surface area (Å²) in [6, 6.07) is 9.38. The van der Waals surface area contributed by atoms with Gasteiger partial charge in [0, 0.05) is 23.7 Å². The Hall–Kier alpha value is -1.55. The molecule has 2 aromatic rings. The van der Waals surface area contributed by atoms with Gasteiger partial charge in [-0.05, 0) is 6.92 Å². The molecule has 2 rings (SSSR count). The Balaban J connectivity index is 2.06. The van der Waals surface area contributed by atoms with Gasteiger partial charge in [-0.15, -0.1) is 11.8 Å². The number of hydrogen-bond donors (Lipinski definition) is 0. The van der Waals surface area contributed by atoms with Gasteiger partial charge in [0.05, 0.1) is 11.4 Å². The Bertz CT molecular complexity index is 507. The van der Waals surface area contributed by atoms with E-state index in [0.29, 0.717) is 0 Å². The van der Waals surface area contributed by atoms with Crippen molar-refractivity contribution in [2.24, 2.45) is 7.05 Å². The van der Waals surface area contributed by atoms with Gasteiger partial charge in [0.15, 0.2) is 5.78 Å². The zero-order valence-electron chi connectivity index (χ0n) is 9.83. The van der Waals surface area contributed by atoms with Crippen molar-refractivity contribution in [1.29, 1.82) is 0 Å². The Kier molecular flexibility index (Phi) is 3.64. The van der Waals surface area contributed by atoms with Crippen molar-refractivity contribution in [2.45, 2.75) is 17.1 Å². The van der Waals surface area contributed by atoms with Crippen LogP contribution < -0.4 is 0 Å². The fourth-order valence-corrected chi connectivity index (χ4v) is 2.53. The van der Waals surface area contributed by atoms with Crippen molar-refractivity contribution < 1.29 is 4.79 Å². The van der Waals surface area contributed by atoms with Crippen molar-refractivity contribution >= 4 is 17.5 Å². The lowest BCUT2D eigenvalue weighted by molar-refractivity contribution is 0.0994. The molecule has 1 atom stereocenters. The third kappa shape index (κ3) is 2.97. The lowest BCUT2D eigenvalue weighted by Gasteiger charge is -2.08. The summed E-state index contributed by atoms with van der Waals surface area (Å²) < 4.78 is 1.74. The van der Waals surface area contributed by atoms with Crippen LogP contribution in [0.2, 0.25) is 0 Å². The highest BCUT2D eigenvalue weighted by Crippen LogP contribution is 2.24. The molecule has 0 radical (unpaired) electrons. The standard InChI is InChI=1S/C13H14N2OS/c1-10(17-12-8-14-15(2)9-12)13(16)11-6-4-3-5-7-11/h3-10H,1-2H3. The summed E-state index contributed by atoms with van der Waals surface area (Å²) in [7, 11) is 1.87. The van der Waals surface area contributed by atoms with Crippen molar-refractivity contribution in [3.05, 3.63) is 48.3 Å². The van der Waals surface area contributed by atoms with Gasteiger partial charge in [-0.25, -0.2) is 0 Å². The smallest absolute Gasteiger partial charge is 0.175 e. The first-order valence-electron chi connectivity index (χ1n) is 5.41. The Morgan fingerprint density at radius 1 is 1.35 bits per heavy atom. The van der Waals surface area contributed by atoms with E-state index < -0.39 is 0 Å². The van der Waals surface area contributed by atoms with Gasteiger partial charge in [0.1, 0.15) is 0 Å². The minimum Gasteiger partial charge on any atom is -0.293 e. The first kappa shape index (κ1) is 11.9. The van der Waals surface area contributed by atoms with Crippen LogP contribution in [-0.4, -0.2) is 20.8 Å². The first-order valence-corrected chi connectivity index (χ1v) is 6.29. The van der Waals surface area contributed by atoms with Gasteiger partial charge in [0.25, 0.3) is 0 Å². The molecular formula is C13H14N2OS. The SMILES string of the molecule is CC(Sc1cnn(C)c1)C(=O)c1ccccc1. The largest absolute Gasteiger partial charge is 0.293 e. The molecule has 0 spiro atoms.